The molecule has 2 heteroatoms. The highest BCUT2D eigenvalue weighted by Crippen LogP contribution is 2.56. The number of benzene rings is 11. The van der Waals surface area contributed by atoms with Crippen LogP contribution in [0.3, 0.4) is 0 Å². The van der Waals surface area contributed by atoms with E-state index in [1.807, 2.05) is 0 Å². The molecular weight excluding hydrogens is 809 g/mol. The Morgan fingerprint density at radius 3 is 1.51 bits per heavy atom. The smallest absolute Gasteiger partial charge is 0.0713 e. The first kappa shape index (κ1) is 38.7. The average Bonchev–Trinajstić information content (AvgIpc) is 3.91. The standard InChI is InChI=1S/C65H44N2/c1-5-19-45(20-6-1)46-33-37-53(38-34-46)67-62-42-41-54(44-59(62)63-58(47-21-7-2-8-22-47)43-48-23-13-14-28-55(48)64(63)67)66(51-26-11-4-12-27-51)52-39-35-50(36-40-52)65(49-24-9-3-10-25-49)60-31-17-15-29-56(60)57-30-16-18-32-61(57)65/h1-44H. The molecule has 11 aromatic carbocycles. The monoisotopic (exact) mass is 852 g/mol. The van der Waals surface area contributed by atoms with Crippen LogP contribution in [0.15, 0.2) is 267 Å². The predicted octanol–water partition coefficient (Wildman–Crippen LogP) is 17.1. The number of para-hydroxylation sites is 1. The van der Waals surface area contributed by atoms with Crippen LogP contribution < -0.4 is 4.90 Å². The average molecular weight is 853 g/mol. The predicted molar refractivity (Wildman–Crippen MR) is 281 cm³/mol. The minimum Gasteiger partial charge on any atom is -0.310 e. The van der Waals surface area contributed by atoms with Gasteiger partial charge < -0.3 is 9.47 Å². The van der Waals surface area contributed by atoms with Crippen LogP contribution >= 0.6 is 0 Å². The van der Waals surface area contributed by atoms with Gasteiger partial charge in [0.2, 0.25) is 0 Å². The van der Waals surface area contributed by atoms with E-state index in [2.05, 4.69) is 276 Å². The molecule has 67 heavy (non-hydrogen) atoms. The molecule has 0 radical (unpaired) electrons. The van der Waals surface area contributed by atoms with Crippen LogP contribution in [0.2, 0.25) is 0 Å². The Bertz CT molecular complexity index is 3720. The second-order valence-corrected chi connectivity index (χ2v) is 17.6. The van der Waals surface area contributed by atoms with Crippen LogP contribution in [-0.4, -0.2) is 4.57 Å². The third-order valence-corrected chi connectivity index (χ3v) is 14.0. The molecule has 0 aliphatic heterocycles. The topological polar surface area (TPSA) is 8.17 Å². The van der Waals surface area contributed by atoms with Gasteiger partial charge in [0.05, 0.1) is 16.4 Å². The summed E-state index contributed by atoms with van der Waals surface area (Å²) in [6.45, 7) is 0. The van der Waals surface area contributed by atoms with Gasteiger partial charge in [0.25, 0.3) is 0 Å². The molecular formula is C65H44N2. The van der Waals surface area contributed by atoms with Crippen molar-refractivity contribution >= 4 is 49.6 Å². The maximum atomic E-state index is 2.49. The Balaban J connectivity index is 1.04. The van der Waals surface area contributed by atoms with E-state index in [1.54, 1.807) is 0 Å². The van der Waals surface area contributed by atoms with Crippen molar-refractivity contribution in [3.63, 3.8) is 0 Å². The lowest BCUT2D eigenvalue weighted by Gasteiger charge is -2.34. The lowest BCUT2D eigenvalue weighted by molar-refractivity contribution is 0.768. The molecule has 0 unspecified atom stereocenters. The molecule has 0 saturated heterocycles. The van der Waals surface area contributed by atoms with Crippen molar-refractivity contribution in [2.24, 2.45) is 0 Å². The third kappa shape index (κ3) is 6.11. The summed E-state index contributed by atoms with van der Waals surface area (Å²) < 4.78 is 2.49. The van der Waals surface area contributed by atoms with Crippen LogP contribution in [0.5, 0.6) is 0 Å². The van der Waals surface area contributed by atoms with E-state index in [9.17, 15) is 0 Å². The number of nitrogens with zero attached hydrogens (tertiary/aromatic N) is 2. The zero-order valence-corrected chi connectivity index (χ0v) is 36.8. The SMILES string of the molecule is c1ccc(-c2ccc(-n3c4ccc(N(c5ccccc5)c5ccc(C6(c7ccccc7)c7ccccc7-c7ccccc76)cc5)cc4c4c(-c5ccccc5)cc5ccccc5c43)cc2)cc1. The van der Waals surface area contributed by atoms with Gasteiger partial charge in [-0.2, -0.15) is 0 Å². The molecule has 0 N–H and O–H groups in total. The molecule has 0 amide bonds. The molecule has 0 bridgehead atoms. The molecule has 0 atom stereocenters. The normalized spacial score (nSPS) is 12.6. The Morgan fingerprint density at radius 1 is 0.328 bits per heavy atom. The highest BCUT2D eigenvalue weighted by molar-refractivity contribution is 6.24. The molecule has 314 valence electrons. The van der Waals surface area contributed by atoms with Crippen molar-refractivity contribution in [2.45, 2.75) is 5.41 Å². The summed E-state index contributed by atoms with van der Waals surface area (Å²) in [7, 11) is 0. The molecule has 1 aromatic heterocycles. The number of rotatable bonds is 8. The quantitative estimate of drug-likeness (QED) is 0.148. The van der Waals surface area contributed by atoms with E-state index in [-0.39, 0.29) is 0 Å². The van der Waals surface area contributed by atoms with Gasteiger partial charge in [0.1, 0.15) is 0 Å². The zero-order valence-electron chi connectivity index (χ0n) is 36.8. The molecule has 0 fully saturated rings. The maximum absolute atomic E-state index is 2.49. The van der Waals surface area contributed by atoms with Gasteiger partial charge in [0, 0.05) is 38.9 Å². The fourth-order valence-corrected chi connectivity index (χ4v) is 11.2. The summed E-state index contributed by atoms with van der Waals surface area (Å²) in [5.41, 5.74) is 18.8. The second-order valence-electron chi connectivity index (χ2n) is 17.6. The largest absolute Gasteiger partial charge is 0.310 e. The molecule has 13 rings (SSSR count). The minimum absolute atomic E-state index is 0.471. The van der Waals surface area contributed by atoms with Crippen molar-refractivity contribution in [1.29, 1.82) is 0 Å². The first-order valence-electron chi connectivity index (χ1n) is 23.2. The van der Waals surface area contributed by atoms with Crippen molar-refractivity contribution in [3.8, 4) is 39.1 Å². The molecule has 1 heterocycles. The van der Waals surface area contributed by atoms with Crippen molar-refractivity contribution in [2.75, 3.05) is 4.90 Å². The number of hydrogen-bond donors (Lipinski definition) is 0. The zero-order chi connectivity index (χ0) is 44.3. The van der Waals surface area contributed by atoms with E-state index >= 15 is 0 Å². The first-order chi connectivity index (χ1) is 33.3. The van der Waals surface area contributed by atoms with Gasteiger partial charge in [-0.1, -0.05) is 206 Å². The number of fused-ring (bicyclic) bond motifs is 8. The van der Waals surface area contributed by atoms with E-state index < -0.39 is 5.41 Å². The number of aromatic nitrogens is 1. The fraction of sp³-hybridized carbons (Fsp3) is 0.0154. The summed E-state index contributed by atoms with van der Waals surface area (Å²) in [5.74, 6) is 0. The summed E-state index contributed by atoms with van der Waals surface area (Å²) in [6, 6.07) is 98.0. The summed E-state index contributed by atoms with van der Waals surface area (Å²) in [6.07, 6.45) is 0. The highest BCUT2D eigenvalue weighted by atomic mass is 15.1. The third-order valence-electron chi connectivity index (χ3n) is 14.0. The maximum Gasteiger partial charge on any atom is 0.0713 e. The molecule has 2 nitrogen and oxygen atoms in total. The lowest BCUT2D eigenvalue weighted by Crippen LogP contribution is -2.28. The fourth-order valence-electron chi connectivity index (χ4n) is 11.2. The van der Waals surface area contributed by atoms with E-state index in [0.29, 0.717) is 0 Å². The summed E-state index contributed by atoms with van der Waals surface area (Å²) >= 11 is 0. The van der Waals surface area contributed by atoms with Crippen LogP contribution in [0.4, 0.5) is 17.1 Å². The summed E-state index contributed by atoms with van der Waals surface area (Å²) in [4.78, 5) is 2.41. The number of anilines is 3. The van der Waals surface area contributed by atoms with E-state index in [0.717, 1.165) is 28.3 Å². The molecule has 0 saturated carbocycles. The van der Waals surface area contributed by atoms with Gasteiger partial charge in [-0.15, -0.1) is 0 Å². The van der Waals surface area contributed by atoms with Crippen LogP contribution in [0.1, 0.15) is 22.3 Å². The Morgan fingerprint density at radius 2 is 0.836 bits per heavy atom. The van der Waals surface area contributed by atoms with Gasteiger partial charge in [-0.25, -0.2) is 0 Å². The highest BCUT2D eigenvalue weighted by Gasteiger charge is 2.45. The van der Waals surface area contributed by atoms with Crippen LogP contribution in [-0.2, 0) is 5.41 Å². The molecule has 12 aromatic rings. The van der Waals surface area contributed by atoms with Gasteiger partial charge in [-0.3, -0.25) is 0 Å². The van der Waals surface area contributed by atoms with Crippen molar-refractivity contribution in [1.82, 2.24) is 4.57 Å². The molecule has 0 spiro atoms. The van der Waals surface area contributed by atoms with Crippen molar-refractivity contribution in [3.05, 3.63) is 289 Å². The second kappa shape index (κ2) is 15.8. The van der Waals surface area contributed by atoms with E-state index in [1.165, 1.54) is 82.7 Å². The molecule has 1 aliphatic carbocycles. The van der Waals surface area contributed by atoms with E-state index in [4.69, 9.17) is 0 Å². The van der Waals surface area contributed by atoms with Crippen LogP contribution in [0.25, 0.3) is 71.6 Å². The summed E-state index contributed by atoms with van der Waals surface area (Å²) in [5, 5.41) is 4.87. The van der Waals surface area contributed by atoms with Crippen LogP contribution in [0, 0.1) is 0 Å². The van der Waals surface area contributed by atoms with Crippen molar-refractivity contribution < 1.29 is 0 Å². The lowest BCUT2D eigenvalue weighted by atomic mass is 9.68. The minimum atomic E-state index is -0.471. The van der Waals surface area contributed by atoms with Gasteiger partial charge in [0.15, 0.2) is 0 Å². The Labute approximate surface area is 390 Å². The molecule has 1 aliphatic rings. The Kier molecular flexibility index (Phi) is 9.11. The Hall–Kier alpha value is -8.72. The first-order valence-corrected chi connectivity index (χ1v) is 23.2. The number of hydrogen-bond acceptors (Lipinski definition) is 1. The van der Waals surface area contributed by atoms with Gasteiger partial charge >= 0.3 is 0 Å². The van der Waals surface area contributed by atoms with Gasteiger partial charge in [-0.05, 0) is 122 Å².